The number of alkyl halides is 9. The van der Waals surface area contributed by atoms with Crippen molar-refractivity contribution in [2.75, 3.05) is 6.61 Å². The summed E-state index contributed by atoms with van der Waals surface area (Å²) in [6, 6.07) is 8.60. The van der Waals surface area contributed by atoms with Gasteiger partial charge in [0.2, 0.25) is 15.9 Å². The molecule has 2 aromatic carbocycles. The fraction of sp³-hybridized carbons (Fsp3) is 0.250. The average Bonchev–Trinajstić information content (AvgIpc) is 2.86. The molecule has 0 atom stereocenters. The van der Waals surface area contributed by atoms with E-state index in [4.69, 9.17) is 34.8 Å². The Balaban J connectivity index is 0.000000242. The largest absolute Gasteiger partial charge is 0.454 e. The monoisotopic (exact) mass is 678 g/mol. The standard InChI is InChI=1S/C13H8ClF6N3O.C11H6Cl2F3N3/c14-10-21-9(22-11(23-10)24-6-12(15,16)17)5-7-2-1-3-8(4-7)13(18,19)20;12-9-17-8(18-10(13)19-9)5-6-2-1-3-7(4-6)11(14,15)16/h1-4H,5-6H2;1-4H,5H2. The molecule has 4 rings (SSSR count). The third-order valence-electron chi connectivity index (χ3n) is 4.86. The zero-order valence-electron chi connectivity index (χ0n) is 20.9. The van der Waals surface area contributed by atoms with Crippen LogP contribution in [0.15, 0.2) is 48.5 Å². The SMILES string of the molecule is FC(F)(F)COc1nc(Cl)nc(Cc2cccc(C(F)(F)F)c2)n1.FC(F)(F)c1cccc(Cc2nc(Cl)nc(Cl)n2)c1. The summed E-state index contributed by atoms with van der Waals surface area (Å²) in [6.07, 6.45) is -13.6. The first-order chi connectivity index (χ1) is 19.9. The molecule has 0 unspecified atom stereocenters. The van der Waals surface area contributed by atoms with E-state index < -0.39 is 47.6 Å². The molecule has 0 radical (unpaired) electrons. The summed E-state index contributed by atoms with van der Waals surface area (Å²) < 4.78 is 116. The summed E-state index contributed by atoms with van der Waals surface area (Å²) >= 11 is 16.8. The Morgan fingerprint density at radius 2 is 0.977 bits per heavy atom. The van der Waals surface area contributed by atoms with Crippen LogP contribution in [-0.2, 0) is 25.2 Å². The Morgan fingerprint density at radius 3 is 1.40 bits per heavy atom. The number of nitrogens with zero attached hydrogens (tertiary/aromatic N) is 6. The van der Waals surface area contributed by atoms with Gasteiger partial charge in [-0.3, -0.25) is 0 Å². The highest BCUT2D eigenvalue weighted by atomic mass is 35.5. The topological polar surface area (TPSA) is 86.6 Å². The first-order valence-electron chi connectivity index (χ1n) is 11.4. The summed E-state index contributed by atoms with van der Waals surface area (Å²) in [6.45, 7) is -1.63. The Hall–Kier alpha value is -3.50. The van der Waals surface area contributed by atoms with E-state index in [1.54, 1.807) is 6.07 Å². The van der Waals surface area contributed by atoms with Gasteiger partial charge in [0, 0.05) is 12.8 Å². The van der Waals surface area contributed by atoms with E-state index in [0.29, 0.717) is 5.56 Å². The Morgan fingerprint density at radius 1 is 0.558 bits per heavy atom. The molecule has 0 spiro atoms. The molecule has 0 fully saturated rings. The van der Waals surface area contributed by atoms with Crippen LogP contribution in [0.1, 0.15) is 33.9 Å². The van der Waals surface area contributed by atoms with Gasteiger partial charge in [-0.15, -0.1) is 0 Å². The third-order valence-corrected chi connectivity index (χ3v) is 5.37. The second-order valence-corrected chi connectivity index (χ2v) is 9.26. The van der Waals surface area contributed by atoms with Crippen molar-refractivity contribution in [1.82, 2.24) is 29.9 Å². The normalized spacial score (nSPS) is 12.0. The Labute approximate surface area is 251 Å². The number of rotatable bonds is 6. The predicted molar refractivity (Wildman–Crippen MR) is 135 cm³/mol. The molecule has 43 heavy (non-hydrogen) atoms. The average molecular weight is 680 g/mol. The molecule has 4 aromatic rings. The zero-order chi connectivity index (χ0) is 32.0. The number of aromatic nitrogens is 6. The lowest BCUT2D eigenvalue weighted by molar-refractivity contribution is -0.154. The van der Waals surface area contributed by atoms with Gasteiger partial charge in [-0.05, 0) is 58.1 Å². The Bertz CT molecular complexity index is 1530. The van der Waals surface area contributed by atoms with E-state index in [1.807, 2.05) is 0 Å². The molecule has 0 amide bonds. The second kappa shape index (κ2) is 13.9. The number of benzene rings is 2. The van der Waals surface area contributed by atoms with Gasteiger partial charge >= 0.3 is 24.5 Å². The van der Waals surface area contributed by atoms with E-state index in [9.17, 15) is 39.5 Å². The highest BCUT2D eigenvalue weighted by Crippen LogP contribution is 2.31. The molecule has 2 aromatic heterocycles. The lowest BCUT2D eigenvalue weighted by Crippen LogP contribution is -2.20. The van der Waals surface area contributed by atoms with Gasteiger partial charge in [-0.1, -0.05) is 36.4 Å². The minimum absolute atomic E-state index is 0.0892. The molecule has 0 aliphatic rings. The maximum atomic E-state index is 12.7. The fourth-order valence-corrected chi connectivity index (χ4v) is 3.75. The molecule has 19 heteroatoms. The van der Waals surface area contributed by atoms with Crippen LogP contribution in [0, 0.1) is 0 Å². The maximum Gasteiger partial charge on any atom is 0.422 e. The molecule has 0 N–H and O–H groups in total. The van der Waals surface area contributed by atoms with Crippen LogP contribution in [0.4, 0.5) is 39.5 Å². The van der Waals surface area contributed by atoms with Gasteiger partial charge in [0.1, 0.15) is 11.6 Å². The van der Waals surface area contributed by atoms with Gasteiger partial charge < -0.3 is 4.74 Å². The summed E-state index contributed by atoms with van der Waals surface area (Å²) in [5.41, 5.74) is -0.980. The van der Waals surface area contributed by atoms with Crippen LogP contribution in [0.3, 0.4) is 0 Å². The fourth-order valence-electron chi connectivity index (χ4n) is 3.18. The summed E-state index contributed by atoms with van der Waals surface area (Å²) in [5.74, 6) is 0.0934. The van der Waals surface area contributed by atoms with Gasteiger partial charge in [0.25, 0.3) is 0 Å². The van der Waals surface area contributed by atoms with Crippen LogP contribution in [-0.4, -0.2) is 42.7 Å². The summed E-state index contributed by atoms with van der Waals surface area (Å²) in [4.78, 5) is 21.8. The molecule has 7 nitrogen and oxygen atoms in total. The minimum atomic E-state index is -4.60. The van der Waals surface area contributed by atoms with E-state index in [0.717, 1.165) is 24.3 Å². The molecule has 0 aliphatic carbocycles. The van der Waals surface area contributed by atoms with Crippen LogP contribution >= 0.6 is 34.8 Å². The van der Waals surface area contributed by atoms with Gasteiger partial charge in [-0.25, -0.2) is 15.0 Å². The molecule has 0 saturated carbocycles. The molecule has 2 heterocycles. The van der Waals surface area contributed by atoms with Crippen LogP contribution in [0.25, 0.3) is 0 Å². The van der Waals surface area contributed by atoms with E-state index in [1.165, 1.54) is 18.2 Å². The van der Waals surface area contributed by atoms with Crippen molar-refractivity contribution >= 4 is 34.8 Å². The van der Waals surface area contributed by atoms with Crippen molar-refractivity contribution < 1.29 is 44.3 Å². The van der Waals surface area contributed by atoms with Gasteiger partial charge in [-0.2, -0.15) is 54.5 Å². The summed E-state index contributed by atoms with van der Waals surface area (Å²) in [5, 5.41) is -0.617. The predicted octanol–water partition coefficient (Wildman–Crippen LogP) is 7.86. The molecule has 230 valence electrons. The quantitative estimate of drug-likeness (QED) is 0.192. The number of halogens is 12. The highest BCUT2D eigenvalue weighted by Gasteiger charge is 2.31. The van der Waals surface area contributed by atoms with E-state index >= 15 is 0 Å². The third kappa shape index (κ3) is 11.6. The molecule has 0 saturated heterocycles. The maximum absolute atomic E-state index is 12.7. The zero-order valence-corrected chi connectivity index (χ0v) is 23.1. The molecular weight excluding hydrogens is 666 g/mol. The van der Waals surface area contributed by atoms with Crippen molar-refractivity contribution in [2.45, 2.75) is 31.4 Å². The molecule has 0 bridgehead atoms. The first kappa shape index (κ1) is 34.0. The van der Waals surface area contributed by atoms with Crippen molar-refractivity contribution in [3.05, 3.63) is 98.3 Å². The second-order valence-electron chi connectivity index (χ2n) is 8.25. The van der Waals surface area contributed by atoms with E-state index in [2.05, 4.69) is 34.6 Å². The summed E-state index contributed by atoms with van der Waals surface area (Å²) in [7, 11) is 0. The number of hydrogen-bond donors (Lipinski definition) is 0. The van der Waals surface area contributed by atoms with Crippen LogP contribution in [0.5, 0.6) is 6.01 Å². The smallest absolute Gasteiger partial charge is 0.422 e. The van der Waals surface area contributed by atoms with Gasteiger partial charge in [0.15, 0.2) is 6.61 Å². The van der Waals surface area contributed by atoms with E-state index in [-0.39, 0.29) is 40.6 Å². The van der Waals surface area contributed by atoms with Crippen LogP contribution < -0.4 is 4.74 Å². The minimum Gasteiger partial charge on any atom is -0.454 e. The first-order valence-corrected chi connectivity index (χ1v) is 12.5. The van der Waals surface area contributed by atoms with Gasteiger partial charge in [0.05, 0.1) is 11.1 Å². The van der Waals surface area contributed by atoms with Crippen molar-refractivity contribution in [2.24, 2.45) is 0 Å². The van der Waals surface area contributed by atoms with Crippen molar-refractivity contribution in [1.29, 1.82) is 0 Å². The lowest BCUT2D eigenvalue weighted by atomic mass is 10.1. The molecular formula is C24H14Cl3F9N6O. The van der Waals surface area contributed by atoms with Crippen molar-refractivity contribution in [3.63, 3.8) is 0 Å². The number of hydrogen-bond acceptors (Lipinski definition) is 7. The van der Waals surface area contributed by atoms with Crippen molar-refractivity contribution in [3.8, 4) is 6.01 Å². The highest BCUT2D eigenvalue weighted by molar-refractivity contribution is 6.31. The Kier molecular flexibility index (Phi) is 11.0. The lowest BCUT2D eigenvalue weighted by Gasteiger charge is -2.10. The van der Waals surface area contributed by atoms with Crippen LogP contribution in [0.2, 0.25) is 15.9 Å². The number of ether oxygens (including phenoxy) is 1. The molecule has 0 aliphatic heterocycles.